The third-order valence-corrected chi connectivity index (χ3v) is 19.8. The molecule has 0 unspecified atom stereocenters. The molecule has 20 rings (SSSR count). The number of pyridine rings is 3. The fourth-order valence-electron chi connectivity index (χ4n) is 15.5. The summed E-state index contributed by atoms with van der Waals surface area (Å²) in [5.74, 6) is 3.15. The molecule has 0 N–H and O–H groups in total. The Bertz CT molecular complexity index is 5090. The van der Waals surface area contributed by atoms with Crippen molar-refractivity contribution < 1.29 is 27.9 Å². The second-order valence-electron chi connectivity index (χ2n) is 25.4. The van der Waals surface area contributed by atoms with Gasteiger partial charge in [-0.05, 0) is 150 Å². The summed E-state index contributed by atoms with van der Waals surface area (Å²) in [6.45, 7) is 15.7. The van der Waals surface area contributed by atoms with Gasteiger partial charge in [0.1, 0.15) is 17.2 Å². The number of rotatable bonds is 0. The van der Waals surface area contributed by atoms with Crippen LogP contribution in [0.25, 0.3) is 120 Å². The minimum absolute atomic E-state index is 0.00401. The Hall–Kier alpha value is -9.65. The lowest BCUT2D eigenvalue weighted by Crippen LogP contribution is -2.42. The van der Waals surface area contributed by atoms with Crippen molar-refractivity contribution in [2.45, 2.75) is 78.0 Å². The molecule has 3 aromatic heterocycles. The zero-order valence-electron chi connectivity index (χ0n) is 47.3. The van der Waals surface area contributed by atoms with Crippen molar-refractivity contribution >= 4 is 86.4 Å². The molecule has 0 spiro atoms. The number of para-hydroxylation sites is 2. The van der Waals surface area contributed by atoms with E-state index < -0.39 is 0 Å². The predicted octanol–water partition coefficient (Wildman–Crippen LogP) is 17.1. The van der Waals surface area contributed by atoms with Gasteiger partial charge in [-0.1, -0.05) is 139 Å². The Morgan fingerprint density at radius 1 is 0.289 bits per heavy atom. The Morgan fingerprint density at radius 2 is 0.614 bits per heavy atom. The van der Waals surface area contributed by atoms with Gasteiger partial charge in [0.25, 0.3) is 20.2 Å². The maximum atomic E-state index is 6.49. The molecule has 0 saturated carbocycles. The summed E-state index contributed by atoms with van der Waals surface area (Å²) < 4.78 is 26.2. The summed E-state index contributed by atoms with van der Waals surface area (Å²) in [5, 5.41) is 17.6. The largest absolute Gasteiger partial charge is 0.434 e. The lowest BCUT2D eigenvalue weighted by atomic mass is 9.81. The molecule has 0 fully saturated rings. The molecule has 0 amide bonds. The highest BCUT2D eigenvalue weighted by Crippen LogP contribution is 2.58. The van der Waals surface area contributed by atoms with Gasteiger partial charge in [-0.15, -0.1) is 0 Å². The van der Waals surface area contributed by atoms with E-state index in [1.54, 1.807) is 0 Å². The monoisotopic (exact) mass is 1070 g/mol. The predicted molar refractivity (Wildman–Crippen MR) is 335 cm³/mol. The molecule has 83 heavy (non-hydrogen) atoms. The van der Waals surface area contributed by atoms with E-state index in [-0.39, 0.29) is 16.2 Å². The molecule has 396 valence electrons. The third kappa shape index (κ3) is 6.30. The molecule has 0 saturated heterocycles. The second kappa shape index (κ2) is 16.3. The normalized spacial score (nSPS) is 15.8. The van der Waals surface area contributed by atoms with E-state index in [0.717, 1.165) is 17.2 Å². The van der Waals surface area contributed by atoms with Gasteiger partial charge in [0.2, 0.25) is 28.1 Å². The van der Waals surface area contributed by atoms with E-state index in [2.05, 4.69) is 262 Å². The summed E-state index contributed by atoms with van der Waals surface area (Å²) in [6.07, 6.45) is 2.12. The zero-order valence-corrected chi connectivity index (χ0v) is 47.3. The first kappa shape index (κ1) is 47.0. The molecular formula is C77H58N3O3+3. The molecule has 3 aliphatic heterocycles. The van der Waals surface area contributed by atoms with Crippen molar-refractivity contribution in [2.75, 3.05) is 0 Å². The first-order valence-electron chi connectivity index (χ1n) is 29.2. The van der Waals surface area contributed by atoms with Gasteiger partial charge in [-0.2, -0.15) is 13.7 Å². The van der Waals surface area contributed by atoms with Gasteiger partial charge < -0.3 is 14.2 Å². The highest BCUT2D eigenvalue weighted by molar-refractivity contribution is 6.09. The SMILES string of the molecule is CC1(C)c2cc3cc4ccccc4cc3c3c2-c2c1cc1ccccc1[n+]2CO3.CC1(C)c2cc3cc4ccccc4cc3c3c2-c2c1cc1ccccc1[n+]2CO3.CC1(C)c2cc3cc4ccccc4cc3c3c2-c2c1ccc[n+]2CO3. The standard InChI is InChI=1S/2C27H20NO.C23H18NO/c2*1-27(2)21-14-19-11-16-7-3-4-8-17(16)12-20(19)26-24(21)25-22(27)13-18-9-5-6-10-23(18)28(25)15-29-26;1-23(2)18-8-5-9-24-13-25-22-17-11-15-7-4-3-6-14(15)10-16(17)12-19(23)20(22)21(18)24/h2*3-14H,15H2,1-2H3;3-12H,13H2,1-2H3/q3*+1. The molecular weight excluding hydrogens is 1010 g/mol. The highest BCUT2D eigenvalue weighted by Gasteiger charge is 2.50. The molecule has 6 aliphatic rings. The van der Waals surface area contributed by atoms with E-state index in [0.29, 0.717) is 20.2 Å². The van der Waals surface area contributed by atoms with Crippen LogP contribution < -0.4 is 27.9 Å². The van der Waals surface area contributed by atoms with Crippen molar-refractivity contribution in [3.63, 3.8) is 0 Å². The number of hydrogen-bond donors (Lipinski definition) is 0. The van der Waals surface area contributed by atoms with Gasteiger partial charge in [-0.25, -0.2) is 0 Å². The van der Waals surface area contributed by atoms with Crippen LogP contribution in [0.4, 0.5) is 0 Å². The summed E-state index contributed by atoms with van der Waals surface area (Å²) in [6, 6.07) is 73.1. The van der Waals surface area contributed by atoms with Crippen LogP contribution in [0.3, 0.4) is 0 Å². The first-order chi connectivity index (χ1) is 40.4. The smallest absolute Gasteiger partial charge is 0.293 e. The Balaban J connectivity index is 0.0000000954. The van der Waals surface area contributed by atoms with E-state index in [1.807, 2.05) is 0 Å². The molecule has 6 nitrogen and oxygen atoms in total. The summed E-state index contributed by atoms with van der Waals surface area (Å²) >= 11 is 0. The van der Waals surface area contributed by atoms with Gasteiger partial charge in [-0.3, -0.25) is 0 Å². The van der Waals surface area contributed by atoms with E-state index in [9.17, 15) is 0 Å². The average Bonchev–Trinajstić information content (AvgIpc) is 1.69. The van der Waals surface area contributed by atoms with Crippen LogP contribution in [0.2, 0.25) is 0 Å². The third-order valence-electron chi connectivity index (χ3n) is 19.8. The topological polar surface area (TPSA) is 39.3 Å². The summed E-state index contributed by atoms with van der Waals surface area (Å²) in [5.41, 5.74) is 18.5. The van der Waals surface area contributed by atoms with Crippen LogP contribution in [-0.4, -0.2) is 0 Å². The lowest BCUT2D eigenvalue weighted by molar-refractivity contribution is -0.717. The zero-order chi connectivity index (χ0) is 55.4. The Morgan fingerprint density at radius 3 is 1.02 bits per heavy atom. The molecule has 14 aromatic rings. The van der Waals surface area contributed by atoms with Crippen molar-refractivity contribution in [3.05, 3.63) is 240 Å². The van der Waals surface area contributed by atoms with Crippen molar-refractivity contribution in [2.24, 2.45) is 0 Å². The minimum atomic E-state index is -0.0568. The van der Waals surface area contributed by atoms with Crippen LogP contribution >= 0.6 is 0 Å². The minimum Gasteiger partial charge on any atom is -0.434 e. The fourth-order valence-corrected chi connectivity index (χ4v) is 15.5. The quantitative estimate of drug-likeness (QED) is 0.112. The van der Waals surface area contributed by atoms with Gasteiger partial charge in [0, 0.05) is 78.1 Å². The van der Waals surface area contributed by atoms with Crippen LogP contribution in [0.1, 0.15) is 74.9 Å². The fraction of sp³-hybridized carbons (Fsp3) is 0.156. The number of nitrogens with zero attached hydrogens (tertiary/aromatic N) is 3. The molecule has 0 atom stereocenters. The number of benzene rings is 11. The second-order valence-corrected chi connectivity index (χ2v) is 25.4. The van der Waals surface area contributed by atoms with Crippen LogP contribution in [0.5, 0.6) is 17.2 Å². The summed E-state index contributed by atoms with van der Waals surface area (Å²) in [7, 11) is 0. The van der Waals surface area contributed by atoms with E-state index in [1.165, 1.54) is 154 Å². The number of hydrogen-bond acceptors (Lipinski definition) is 3. The molecule has 6 heterocycles. The van der Waals surface area contributed by atoms with Crippen LogP contribution in [-0.2, 0) is 36.4 Å². The number of ether oxygens (including phenoxy) is 3. The van der Waals surface area contributed by atoms with Gasteiger partial charge >= 0.3 is 0 Å². The average molecular weight is 1070 g/mol. The van der Waals surface area contributed by atoms with E-state index in [4.69, 9.17) is 14.2 Å². The molecule has 6 heteroatoms. The van der Waals surface area contributed by atoms with Crippen LogP contribution in [0.15, 0.2) is 206 Å². The maximum Gasteiger partial charge on any atom is 0.293 e. The Kier molecular flexibility index (Phi) is 9.23. The number of aromatic nitrogens is 3. The summed E-state index contributed by atoms with van der Waals surface area (Å²) in [4.78, 5) is 0. The molecule has 3 aliphatic carbocycles. The van der Waals surface area contributed by atoms with Crippen molar-refractivity contribution in [1.82, 2.24) is 0 Å². The maximum absolute atomic E-state index is 6.49. The first-order valence-corrected chi connectivity index (χ1v) is 29.2. The van der Waals surface area contributed by atoms with Gasteiger partial charge in [0.15, 0.2) is 6.20 Å². The molecule has 0 radical (unpaired) electrons. The van der Waals surface area contributed by atoms with Crippen molar-refractivity contribution in [3.8, 4) is 51.0 Å². The van der Waals surface area contributed by atoms with Crippen molar-refractivity contribution in [1.29, 1.82) is 0 Å². The Labute approximate surface area is 480 Å². The number of fused-ring (bicyclic) bond motifs is 13. The molecule has 0 bridgehead atoms. The highest BCUT2D eigenvalue weighted by atomic mass is 16.5. The van der Waals surface area contributed by atoms with Crippen LogP contribution in [0, 0.1) is 0 Å². The lowest BCUT2D eigenvalue weighted by Gasteiger charge is -2.21. The van der Waals surface area contributed by atoms with Gasteiger partial charge in [0.05, 0.1) is 16.7 Å². The van der Waals surface area contributed by atoms with E-state index >= 15 is 0 Å². The molecule has 11 aromatic carbocycles.